The van der Waals surface area contributed by atoms with E-state index in [9.17, 15) is 0 Å². The first-order valence-electron chi connectivity index (χ1n) is 4.97. The van der Waals surface area contributed by atoms with Crippen LogP contribution in [0.5, 0.6) is 0 Å². The van der Waals surface area contributed by atoms with Crippen LogP contribution in [0.4, 0.5) is 5.13 Å². The highest BCUT2D eigenvalue weighted by Crippen LogP contribution is 2.24. The van der Waals surface area contributed by atoms with Crippen molar-refractivity contribution in [3.63, 3.8) is 0 Å². The van der Waals surface area contributed by atoms with Crippen molar-refractivity contribution in [2.75, 3.05) is 12.4 Å². The van der Waals surface area contributed by atoms with Gasteiger partial charge in [0.25, 0.3) is 0 Å². The second-order valence-corrected chi connectivity index (χ2v) is 4.52. The Kier molecular flexibility index (Phi) is 3.02. The van der Waals surface area contributed by atoms with E-state index in [2.05, 4.69) is 41.5 Å². The van der Waals surface area contributed by atoms with E-state index in [0.29, 0.717) is 0 Å². The molecule has 1 aromatic heterocycles. The molecule has 3 heteroatoms. The van der Waals surface area contributed by atoms with Crippen LogP contribution in [0.1, 0.15) is 16.1 Å². The predicted molar refractivity (Wildman–Crippen MR) is 65.6 cm³/mol. The number of aryl methyl sites for hydroxylation is 1. The number of aromatic nitrogens is 1. The Bertz CT molecular complexity index is 434. The van der Waals surface area contributed by atoms with Crippen LogP contribution in [0.3, 0.4) is 0 Å². The molecule has 0 fully saturated rings. The molecule has 0 atom stereocenters. The van der Waals surface area contributed by atoms with Gasteiger partial charge in [0.1, 0.15) is 0 Å². The van der Waals surface area contributed by atoms with Gasteiger partial charge in [0.05, 0.1) is 5.69 Å². The summed E-state index contributed by atoms with van der Waals surface area (Å²) in [4.78, 5) is 5.77. The van der Waals surface area contributed by atoms with Gasteiger partial charge in [0, 0.05) is 18.3 Å². The van der Waals surface area contributed by atoms with Gasteiger partial charge in [0.15, 0.2) is 5.13 Å². The minimum atomic E-state index is 0.978. The highest BCUT2D eigenvalue weighted by atomic mass is 32.1. The van der Waals surface area contributed by atoms with Crippen LogP contribution in [0.25, 0.3) is 0 Å². The van der Waals surface area contributed by atoms with Crippen LogP contribution in [0.2, 0.25) is 0 Å². The van der Waals surface area contributed by atoms with Crippen LogP contribution in [-0.4, -0.2) is 12.0 Å². The van der Waals surface area contributed by atoms with E-state index in [1.807, 2.05) is 13.1 Å². The molecule has 0 saturated heterocycles. The Morgan fingerprint density at radius 1 is 1.27 bits per heavy atom. The first kappa shape index (κ1) is 10.2. The van der Waals surface area contributed by atoms with E-state index in [1.54, 1.807) is 11.3 Å². The van der Waals surface area contributed by atoms with Crippen molar-refractivity contribution in [1.82, 2.24) is 4.98 Å². The largest absolute Gasteiger partial charge is 0.365 e. The van der Waals surface area contributed by atoms with E-state index >= 15 is 0 Å². The number of nitrogens with zero attached hydrogens (tertiary/aromatic N) is 1. The maximum Gasteiger partial charge on any atom is 0.182 e. The van der Waals surface area contributed by atoms with Gasteiger partial charge in [-0.15, -0.1) is 11.3 Å². The molecule has 0 aliphatic carbocycles. The molecule has 0 bridgehead atoms. The molecule has 78 valence electrons. The topological polar surface area (TPSA) is 24.9 Å². The van der Waals surface area contributed by atoms with Gasteiger partial charge in [-0.3, -0.25) is 0 Å². The van der Waals surface area contributed by atoms with Crippen LogP contribution in [0.15, 0.2) is 30.3 Å². The van der Waals surface area contributed by atoms with Gasteiger partial charge in [-0.2, -0.15) is 0 Å². The van der Waals surface area contributed by atoms with E-state index in [1.165, 1.54) is 10.4 Å². The summed E-state index contributed by atoms with van der Waals surface area (Å²) in [6.45, 7) is 2.07. The molecule has 1 aromatic carbocycles. The van der Waals surface area contributed by atoms with Gasteiger partial charge in [-0.1, -0.05) is 30.3 Å². The van der Waals surface area contributed by atoms with Gasteiger partial charge < -0.3 is 5.32 Å². The number of hydrogen-bond acceptors (Lipinski definition) is 3. The van der Waals surface area contributed by atoms with Gasteiger partial charge in [-0.25, -0.2) is 4.98 Å². The molecule has 0 aliphatic heterocycles. The smallest absolute Gasteiger partial charge is 0.182 e. The molecule has 0 unspecified atom stereocenters. The van der Waals surface area contributed by atoms with Gasteiger partial charge in [-0.05, 0) is 12.5 Å². The third-order valence-corrected chi connectivity index (χ3v) is 3.49. The molecule has 1 heterocycles. The summed E-state index contributed by atoms with van der Waals surface area (Å²) in [5, 5.41) is 4.08. The number of hydrogen-bond donors (Lipinski definition) is 1. The fourth-order valence-electron chi connectivity index (χ4n) is 1.48. The molecule has 2 aromatic rings. The summed E-state index contributed by atoms with van der Waals surface area (Å²) in [5.74, 6) is 0. The monoisotopic (exact) mass is 218 g/mol. The fraction of sp³-hybridized carbons (Fsp3) is 0.250. The van der Waals surface area contributed by atoms with E-state index < -0.39 is 0 Å². The standard InChI is InChI=1S/C12H14N2S/c1-9-11(15-12(13-2)14-9)8-10-6-4-3-5-7-10/h3-7H,8H2,1-2H3,(H,13,14). The third kappa shape index (κ3) is 2.36. The SMILES string of the molecule is CNc1nc(C)c(Cc2ccccc2)s1. The summed E-state index contributed by atoms with van der Waals surface area (Å²) < 4.78 is 0. The van der Waals surface area contributed by atoms with E-state index in [0.717, 1.165) is 17.2 Å². The number of benzene rings is 1. The zero-order valence-electron chi connectivity index (χ0n) is 8.95. The lowest BCUT2D eigenvalue weighted by Gasteiger charge is -1.98. The molecule has 2 nitrogen and oxygen atoms in total. The van der Waals surface area contributed by atoms with Gasteiger partial charge >= 0.3 is 0 Å². The van der Waals surface area contributed by atoms with Crippen LogP contribution in [-0.2, 0) is 6.42 Å². The minimum absolute atomic E-state index is 0.978. The van der Waals surface area contributed by atoms with Crippen molar-refractivity contribution in [1.29, 1.82) is 0 Å². The second kappa shape index (κ2) is 4.45. The lowest BCUT2D eigenvalue weighted by atomic mass is 10.1. The third-order valence-electron chi connectivity index (χ3n) is 2.31. The molecule has 0 amide bonds. The Hall–Kier alpha value is -1.35. The molecule has 15 heavy (non-hydrogen) atoms. The molecule has 1 N–H and O–H groups in total. The summed E-state index contributed by atoms with van der Waals surface area (Å²) >= 11 is 1.73. The minimum Gasteiger partial charge on any atom is -0.365 e. The maximum absolute atomic E-state index is 4.43. The average Bonchev–Trinajstić information content (AvgIpc) is 2.61. The zero-order valence-corrected chi connectivity index (χ0v) is 9.77. The molecular weight excluding hydrogens is 204 g/mol. The van der Waals surface area contributed by atoms with Crippen molar-refractivity contribution in [3.05, 3.63) is 46.5 Å². The van der Waals surface area contributed by atoms with Crippen LogP contribution in [0, 0.1) is 6.92 Å². The highest BCUT2D eigenvalue weighted by molar-refractivity contribution is 7.15. The Morgan fingerprint density at radius 2 is 2.00 bits per heavy atom. The summed E-state index contributed by atoms with van der Waals surface area (Å²) in [7, 11) is 1.91. The molecule has 0 radical (unpaired) electrons. The summed E-state index contributed by atoms with van der Waals surface area (Å²) in [5.41, 5.74) is 2.47. The Balaban J connectivity index is 2.21. The second-order valence-electron chi connectivity index (χ2n) is 3.44. The maximum atomic E-state index is 4.43. The predicted octanol–water partition coefficient (Wildman–Crippen LogP) is 3.08. The lowest BCUT2D eigenvalue weighted by molar-refractivity contribution is 1.15. The molecule has 2 rings (SSSR count). The fourth-order valence-corrected chi connectivity index (χ4v) is 2.43. The van der Waals surface area contributed by atoms with Crippen LogP contribution >= 0.6 is 11.3 Å². The van der Waals surface area contributed by atoms with E-state index in [4.69, 9.17) is 0 Å². The highest BCUT2D eigenvalue weighted by Gasteiger charge is 2.06. The van der Waals surface area contributed by atoms with Crippen molar-refractivity contribution < 1.29 is 0 Å². The van der Waals surface area contributed by atoms with Crippen molar-refractivity contribution in [2.45, 2.75) is 13.3 Å². The number of thiazole rings is 1. The van der Waals surface area contributed by atoms with Crippen LogP contribution < -0.4 is 5.32 Å². The normalized spacial score (nSPS) is 10.3. The average molecular weight is 218 g/mol. The zero-order chi connectivity index (χ0) is 10.7. The number of anilines is 1. The molecular formula is C12H14N2S. The first-order valence-corrected chi connectivity index (χ1v) is 5.79. The van der Waals surface area contributed by atoms with Crippen molar-refractivity contribution >= 4 is 16.5 Å². The summed E-state index contributed by atoms with van der Waals surface area (Å²) in [6.07, 6.45) is 0.978. The number of nitrogens with one attached hydrogen (secondary N) is 1. The van der Waals surface area contributed by atoms with Crippen molar-refractivity contribution in [3.8, 4) is 0 Å². The molecule has 0 spiro atoms. The van der Waals surface area contributed by atoms with Gasteiger partial charge in [0.2, 0.25) is 0 Å². The molecule has 0 saturated carbocycles. The Morgan fingerprint density at radius 3 is 2.60 bits per heavy atom. The van der Waals surface area contributed by atoms with Crippen molar-refractivity contribution in [2.24, 2.45) is 0 Å². The number of rotatable bonds is 3. The van der Waals surface area contributed by atoms with E-state index in [-0.39, 0.29) is 0 Å². The summed E-state index contributed by atoms with van der Waals surface area (Å²) in [6, 6.07) is 10.5. The lowest BCUT2D eigenvalue weighted by Crippen LogP contribution is -1.87. The first-order chi connectivity index (χ1) is 7.29. The molecule has 0 aliphatic rings. The quantitative estimate of drug-likeness (QED) is 0.856. The Labute approximate surface area is 94.0 Å².